The summed E-state index contributed by atoms with van der Waals surface area (Å²) in [6.07, 6.45) is 4.01. The zero-order chi connectivity index (χ0) is 13.7. The SMILES string of the molecule is CC(C)CNCC1(CCc2cccs2)CCOC1C. The lowest BCUT2D eigenvalue weighted by molar-refractivity contribution is 0.0584. The van der Waals surface area contributed by atoms with Crippen LogP contribution < -0.4 is 5.32 Å². The minimum atomic E-state index is 0.332. The number of hydrogen-bond acceptors (Lipinski definition) is 3. The molecular formula is C16H27NOS. The number of nitrogens with one attached hydrogen (secondary N) is 1. The van der Waals surface area contributed by atoms with Crippen molar-refractivity contribution >= 4 is 11.3 Å². The average molecular weight is 281 g/mol. The largest absolute Gasteiger partial charge is 0.378 e. The molecule has 108 valence electrons. The Kier molecular flexibility index (Phi) is 5.43. The molecule has 2 atom stereocenters. The molecule has 0 radical (unpaired) electrons. The number of ether oxygens (including phenoxy) is 1. The highest BCUT2D eigenvalue weighted by Crippen LogP contribution is 2.39. The van der Waals surface area contributed by atoms with Crippen molar-refractivity contribution in [1.29, 1.82) is 0 Å². The van der Waals surface area contributed by atoms with Crippen molar-refractivity contribution in [2.45, 2.75) is 46.1 Å². The van der Waals surface area contributed by atoms with Crippen molar-refractivity contribution < 1.29 is 4.74 Å². The molecule has 3 heteroatoms. The van der Waals surface area contributed by atoms with Gasteiger partial charge in [0, 0.05) is 23.4 Å². The number of thiophene rings is 1. The van der Waals surface area contributed by atoms with Crippen molar-refractivity contribution in [3.05, 3.63) is 22.4 Å². The summed E-state index contributed by atoms with van der Waals surface area (Å²) in [7, 11) is 0. The predicted molar refractivity (Wildman–Crippen MR) is 82.8 cm³/mol. The fraction of sp³-hybridized carbons (Fsp3) is 0.750. The molecule has 0 aromatic carbocycles. The Labute approximate surface area is 121 Å². The fourth-order valence-corrected chi connectivity index (χ4v) is 3.61. The second-order valence-corrected chi connectivity index (χ2v) is 7.26. The number of hydrogen-bond donors (Lipinski definition) is 1. The maximum absolute atomic E-state index is 5.86. The second kappa shape index (κ2) is 6.87. The highest BCUT2D eigenvalue weighted by Gasteiger charge is 2.40. The van der Waals surface area contributed by atoms with Gasteiger partial charge >= 0.3 is 0 Å². The lowest BCUT2D eigenvalue weighted by Crippen LogP contribution is -2.41. The molecule has 1 aromatic heterocycles. The van der Waals surface area contributed by atoms with Crippen molar-refractivity contribution in [3.63, 3.8) is 0 Å². The van der Waals surface area contributed by atoms with Gasteiger partial charge in [-0.15, -0.1) is 11.3 Å². The topological polar surface area (TPSA) is 21.3 Å². The van der Waals surface area contributed by atoms with Crippen LogP contribution in [0.5, 0.6) is 0 Å². The molecule has 1 aliphatic heterocycles. The van der Waals surface area contributed by atoms with Gasteiger partial charge in [-0.3, -0.25) is 0 Å². The van der Waals surface area contributed by atoms with Crippen molar-refractivity contribution in [2.24, 2.45) is 11.3 Å². The zero-order valence-corrected chi connectivity index (χ0v) is 13.3. The van der Waals surface area contributed by atoms with Crippen LogP contribution in [0.1, 0.15) is 38.5 Å². The molecule has 1 aromatic rings. The van der Waals surface area contributed by atoms with Crippen LogP contribution in [0.4, 0.5) is 0 Å². The molecule has 0 saturated carbocycles. The van der Waals surface area contributed by atoms with Gasteiger partial charge in [-0.05, 0) is 50.1 Å². The van der Waals surface area contributed by atoms with Gasteiger partial charge in [-0.25, -0.2) is 0 Å². The van der Waals surface area contributed by atoms with Crippen molar-refractivity contribution in [3.8, 4) is 0 Å². The number of rotatable bonds is 7. The van der Waals surface area contributed by atoms with E-state index in [0.29, 0.717) is 17.4 Å². The standard InChI is InChI=1S/C16H27NOS/c1-13(2)11-17-12-16(8-9-18-14(16)3)7-6-15-5-4-10-19-15/h4-5,10,13-14,17H,6-9,11-12H2,1-3H3. The van der Waals surface area contributed by atoms with E-state index in [0.717, 1.165) is 19.7 Å². The molecule has 2 nitrogen and oxygen atoms in total. The van der Waals surface area contributed by atoms with Crippen molar-refractivity contribution in [1.82, 2.24) is 5.32 Å². The third kappa shape index (κ3) is 4.04. The van der Waals surface area contributed by atoms with E-state index in [2.05, 4.69) is 43.6 Å². The first-order valence-electron chi connectivity index (χ1n) is 7.47. The molecule has 1 fully saturated rings. The van der Waals surface area contributed by atoms with Crippen LogP contribution in [0.2, 0.25) is 0 Å². The van der Waals surface area contributed by atoms with Gasteiger partial charge in [0.25, 0.3) is 0 Å². The molecule has 0 spiro atoms. The second-order valence-electron chi connectivity index (χ2n) is 6.23. The van der Waals surface area contributed by atoms with Crippen LogP contribution in [0.25, 0.3) is 0 Å². The molecule has 2 unspecified atom stereocenters. The molecule has 0 aliphatic carbocycles. The molecule has 1 aliphatic rings. The maximum Gasteiger partial charge on any atom is 0.0616 e. The van der Waals surface area contributed by atoms with Gasteiger partial charge in [0.15, 0.2) is 0 Å². The average Bonchev–Trinajstić information content (AvgIpc) is 2.98. The lowest BCUT2D eigenvalue weighted by atomic mass is 9.77. The Morgan fingerprint density at radius 3 is 2.95 bits per heavy atom. The summed E-state index contributed by atoms with van der Waals surface area (Å²) in [5, 5.41) is 5.83. The smallest absolute Gasteiger partial charge is 0.0616 e. The van der Waals surface area contributed by atoms with Crippen LogP contribution in [0.15, 0.2) is 17.5 Å². The minimum Gasteiger partial charge on any atom is -0.378 e. The van der Waals surface area contributed by atoms with Gasteiger partial charge < -0.3 is 10.1 Å². The third-order valence-electron chi connectivity index (χ3n) is 4.31. The van der Waals surface area contributed by atoms with E-state index in [1.807, 2.05) is 11.3 Å². The summed E-state index contributed by atoms with van der Waals surface area (Å²) in [5.74, 6) is 0.715. The van der Waals surface area contributed by atoms with Gasteiger partial charge in [0.1, 0.15) is 0 Å². The Balaban J connectivity index is 1.90. The molecule has 0 amide bonds. The Hall–Kier alpha value is -0.380. The van der Waals surface area contributed by atoms with E-state index >= 15 is 0 Å². The Bertz CT molecular complexity index is 363. The highest BCUT2D eigenvalue weighted by molar-refractivity contribution is 7.09. The van der Waals surface area contributed by atoms with E-state index < -0.39 is 0 Å². The summed E-state index contributed by atoms with van der Waals surface area (Å²) in [6.45, 7) is 9.90. The fourth-order valence-electron chi connectivity index (χ4n) is 2.90. The minimum absolute atomic E-state index is 0.332. The van der Waals surface area contributed by atoms with Crippen LogP contribution in [0.3, 0.4) is 0 Å². The van der Waals surface area contributed by atoms with Gasteiger partial charge in [-0.1, -0.05) is 19.9 Å². The van der Waals surface area contributed by atoms with E-state index in [1.165, 1.54) is 24.1 Å². The molecule has 2 heterocycles. The van der Waals surface area contributed by atoms with Gasteiger partial charge in [0.2, 0.25) is 0 Å². The summed E-state index contributed by atoms with van der Waals surface area (Å²) in [5.41, 5.74) is 0.332. The summed E-state index contributed by atoms with van der Waals surface area (Å²) >= 11 is 1.87. The molecule has 0 bridgehead atoms. The third-order valence-corrected chi connectivity index (χ3v) is 5.25. The predicted octanol–water partition coefficient (Wildman–Crippen LogP) is 3.72. The first-order chi connectivity index (χ1) is 9.12. The lowest BCUT2D eigenvalue weighted by Gasteiger charge is -2.33. The zero-order valence-electron chi connectivity index (χ0n) is 12.4. The molecule has 2 rings (SSSR count). The molecule has 1 saturated heterocycles. The van der Waals surface area contributed by atoms with E-state index in [-0.39, 0.29) is 0 Å². The molecule has 1 N–H and O–H groups in total. The van der Waals surface area contributed by atoms with E-state index in [4.69, 9.17) is 4.74 Å². The van der Waals surface area contributed by atoms with Gasteiger partial charge in [-0.2, -0.15) is 0 Å². The quantitative estimate of drug-likeness (QED) is 0.822. The Morgan fingerprint density at radius 2 is 2.37 bits per heavy atom. The summed E-state index contributed by atoms with van der Waals surface area (Å²) < 4.78 is 5.86. The van der Waals surface area contributed by atoms with Crippen LogP contribution in [0, 0.1) is 11.3 Å². The van der Waals surface area contributed by atoms with Crippen LogP contribution in [-0.4, -0.2) is 25.8 Å². The first kappa shape index (κ1) is 15.0. The van der Waals surface area contributed by atoms with Crippen molar-refractivity contribution in [2.75, 3.05) is 19.7 Å². The van der Waals surface area contributed by atoms with E-state index in [9.17, 15) is 0 Å². The molecule has 19 heavy (non-hydrogen) atoms. The van der Waals surface area contributed by atoms with Gasteiger partial charge in [0.05, 0.1) is 6.10 Å². The Morgan fingerprint density at radius 1 is 1.53 bits per heavy atom. The van der Waals surface area contributed by atoms with Crippen LogP contribution in [-0.2, 0) is 11.2 Å². The first-order valence-corrected chi connectivity index (χ1v) is 8.35. The summed E-state index contributed by atoms with van der Waals surface area (Å²) in [6, 6.07) is 4.40. The summed E-state index contributed by atoms with van der Waals surface area (Å²) in [4.78, 5) is 1.50. The monoisotopic (exact) mass is 281 g/mol. The maximum atomic E-state index is 5.86. The molecular weight excluding hydrogens is 254 g/mol. The van der Waals surface area contributed by atoms with Crippen LogP contribution >= 0.6 is 11.3 Å². The van der Waals surface area contributed by atoms with E-state index in [1.54, 1.807) is 0 Å². The normalized spacial score (nSPS) is 27.3. The number of aryl methyl sites for hydroxylation is 1. The highest BCUT2D eigenvalue weighted by atomic mass is 32.1.